The number of carbonyl (C=O) groups excluding carboxylic acids is 2. The Balaban J connectivity index is 1.25. The summed E-state index contributed by atoms with van der Waals surface area (Å²) in [6.45, 7) is 1.73. The number of amides is 2. The van der Waals surface area contributed by atoms with Crippen molar-refractivity contribution in [1.82, 2.24) is 19.4 Å². The lowest BCUT2D eigenvalue weighted by atomic mass is 10.2. The molecule has 0 radical (unpaired) electrons. The molecule has 9 nitrogen and oxygen atoms in total. The van der Waals surface area contributed by atoms with E-state index in [-0.39, 0.29) is 11.4 Å². The zero-order valence-electron chi connectivity index (χ0n) is 21.9. The lowest BCUT2D eigenvalue weighted by Gasteiger charge is -2.10. The Bertz CT molecular complexity index is 1650. The Kier molecular flexibility index (Phi) is 8.13. The van der Waals surface area contributed by atoms with E-state index >= 15 is 0 Å². The first-order chi connectivity index (χ1) is 19.3. The van der Waals surface area contributed by atoms with Crippen LogP contribution in [0.1, 0.15) is 6.42 Å². The zero-order valence-corrected chi connectivity index (χ0v) is 22.7. The first-order valence-electron chi connectivity index (χ1n) is 12.5. The summed E-state index contributed by atoms with van der Waals surface area (Å²) < 4.78 is 23.7. The van der Waals surface area contributed by atoms with Gasteiger partial charge in [0, 0.05) is 49.0 Å². The van der Waals surface area contributed by atoms with Gasteiger partial charge in [-0.25, -0.2) is 9.37 Å². The summed E-state index contributed by atoms with van der Waals surface area (Å²) in [4.78, 5) is 36.4. The van der Waals surface area contributed by atoms with Crippen LogP contribution in [0.3, 0.4) is 0 Å². The molecule has 0 fully saturated rings. The van der Waals surface area contributed by atoms with Gasteiger partial charge in [-0.15, -0.1) is 11.3 Å². The third kappa shape index (κ3) is 6.68. The van der Waals surface area contributed by atoms with Crippen LogP contribution in [0.2, 0.25) is 0 Å². The van der Waals surface area contributed by atoms with Gasteiger partial charge in [-0.3, -0.25) is 14.6 Å². The summed E-state index contributed by atoms with van der Waals surface area (Å²) in [6, 6.07) is 16.5. The molecule has 2 amide bonds. The number of imidazole rings is 1. The summed E-state index contributed by atoms with van der Waals surface area (Å²) in [6.07, 6.45) is 5.00. The van der Waals surface area contributed by atoms with E-state index in [0.29, 0.717) is 11.4 Å². The van der Waals surface area contributed by atoms with Gasteiger partial charge >= 0.3 is 0 Å². The van der Waals surface area contributed by atoms with E-state index in [1.54, 1.807) is 42.9 Å². The minimum atomic E-state index is -0.659. The van der Waals surface area contributed by atoms with E-state index in [4.69, 9.17) is 4.74 Å². The standard InChI is InChI=1S/C29H27FN6O3S/c1-35(2)12-13-36-17-23(32-18-36)26-15-22-29(40-26)25(10-11-31-22)39-24-9-8-20(14-21(24)30)34-28(38)16-27(37)33-19-6-4-3-5-7-19/h3-11,14-15,17-18H,12-13,16H2,1-2H3,(H,33,37)(H,34,38). The number of hydrogen-bond acceptors (Lipinski definition) is 7. The molecular weight excluding hydrogens is 531 g/mol. The van der Waals surface area contributed by atoms with Gasteiger partial charge in [-0.1, -0.05) is 18.2 Å². The average molecular weight is 559 g/mol. The number of para-hydroxylation sites is 1. The molecule has 0 aliphatic heterocycles. The molecule has 5 aromatic rings. The maximum Gasteiger partial charge on any atom is 0.233 e. The van der Waals surface area contributed by atoms with Crippen molar-refractivity contribution in [3.05, 3.63) is 85.2 Å². The molecule has 40 heavy (non-hydrogen) atoms. The fraction of sp³-hybridized carbons (Fsp3) is 0.172. The molecule has 0 saturated carbocycles. The number of aromatic nitrogens is 3. The molecule has 0 aliphatic rings. The van der Waals surface area contributed by atoms with Gasteiger partial charge in [0.15, 0.2) is 11.6 Å². The number of benzene rings is 2. The van der Waals surface area contributed by atoms with Gasteiger partial charge in [0.25, 0.3) is 0 Å². The van der Waals surface area contributed by atoms with Gasteiger partial charge in [0.2, 0.25) is 11.8 Å². The second-order valence-corrected chi connectivity index (χ2v) is 10.4. The third-order valence-corrected chi connectivity index (χ3v) is 7.04. The highest BCUT2D eigenvalue weighted by Crippen LogP contribution is 2.39. The number of nitrogens with one attached hydrogen (secondary N) is 2. The molecule has 0 atom stereocenters. The van der Waals surface area contributed by atoms with E-state index in [1.807, 2.05) is 37.0 Å². The first kappa shape index (κ1) is 27.0. The molecule has 2 N–H and O–H groups in total. The smallest absolute Gasteiger partial charge is 0.233 e. The monoisotopic (exact) mass is 558 g/mol. The summed E-state index contributed by atoms with van der Waals surface area (Å²) in [7, 11) is 4.05. The van der Waals surface area contributed by atoms with Gasteiger partial charge in [-0.2, -0.15) is 0 Å². The average Bonchev–Trinajstić information content (AvgIpc) is 3.57. The zero-order chi connectivity index (χ0) is 28.1. The van der Waals surface area contributed by atoms with Crippen LogP contribution in [0.15, 0.2) is 79.4 Å². The van der Waals surface area contributed by atoms with Crippen LogP contribution in [0, 0.1) is 5.82 Å². The van der Waals surface area contributed by atoms with E-state index in [2.05, 4.69) is 25.5 Å². The first-order valence-corrected chi connectivity index (χ1v) is 13.3. The van der Waals surface area contributed by atoms with Crippen molar-refractivity contribution >= 4 is 44.7 Å². The SMILES string of the molecule is CN(C)CCn1cnc(-c2cc3nccc(Oc4ccc(NC(=O)CC(=O)Nc5ccccc5)cc4F)c3s2)c1. The summed E-state index contributed by atoms with van der Waals surface area (Å²) in [5.74, 6) is -1.24. The second kappa shape index (κ2) is 12.1. The van der Waals surface area contributed by atoms with E-state index in [1.165, 1.54) is 23.5 Å². The fourth-order valence-corrected chi connectivity index (χ4v) is 4.93. The molecule has 0 spiro atoms. The van der Waals surface area contributed by atoms with Gasteiger partial charge in [0.1, 0.15) is 12.2 Å². The van der Waals surface area contributed by atoms with Crippen molar-refractivity contribution in [2.75, 3.05) is 31.3 Å². The predicted molar refractivity (Wildman–Crippen MR) is 154 cm³/mol. The Morgan fingerprint density at radius 2 is 1.75 bits per heavy atom. The number of pyridine rings is 1. The van der Waals surface area contributed by atoms with Crippen LogP contribution in [0.5, 0.6) is 11.5 Å². The minimum Gasteiger partial charge on any atom is -0.453 e. The van der Waals surface area contributed by atoms with Crippen LogP contribution in [0.4, 0.5) is 15.8 Å². The highest BCUT2D eigenvalue weighted by Gasteiger charge is 2.16. The van der Waals surface area contributed by atoms with Crippen LogP contribution in [-0.4, -0.2) is 51.9 Å². The number of carbonyl (C=O) groups is 2. The van der Waals surface area contributed by atoms with Crippen molar-refractivity contribution in [1.29, 1.82) is 0 Å². The van der Waals surface area contributed by atoms with Crippen LogP contribution in [0.25, 0.3) is 20.8 Å². The fourth-order valence-electron chi connectivity index (χ4n) is 3.90. The van der Waals surface area contributed by atoms with Crippen molar-refractivity contribution in [3.63, 3.8) is 0 Å². The van der Waals surface area contributed by atoms with E-state index in [9.17, 15) is 14.0 Å². The predicted octanol–water partition coefficient (Wildman–Crippen LogP) is 5.62. The molecule has 0 saturated heterocycles. The minimum absolute atomic E-state index is 0.00441. The van der Waals surface area contributed by atoms with Crippen LogP contribution >= 0.6 is 11.3 Å². The highest BCUT2D eigenvalue weighted by atomic mass is 32.1. The lowest BCUT2D eigenvalue weighted by Crippen LogP contribution is -2.21. The Hall–Kier alpha value is -4.61. The number of ether oxygens (including phenoxy) is 1. The van der Waals surface area contributed by atoms with Gasteiger partial charge in [-0.05, 0) is 44.4 Å². The van der Waals surface area contributed by atoms with E-state index < -0.39 is 24.1 Å². The van der Waals surface area contributed by atoms with Crippen LogP contribution in [-0.2, 0) is 16.1 Å². The number of thiophene rings is 1. The molecule has 2 aromatic carbocycles. The normalized spacial score (nSPS) is 11.1. The number of halogens is 1. The lowest BCUT2D eigenvalue weighted by molar-refractivity contribution is -0.123. The Labute approximate surface area is 234 Å². The second-order valence-electron chi connectivity index (χ2n) is 9.32. The van der Waals surface area contributed by atoms with Crippen molar-refractivity contribution in [2.45, 2.75) is 13.0 Å². The molecular formula is C29H27FN6O3S. The maximum absolute atomic E-state index is 15.0. The van der Waals surface area contributed by atoms with Crippen molar-refractivity contribution in [3.8, 4) is 22.1 Å². The van der Waals surface area contributed by atoms with E-state index in [0.717, 1.165) is 39.9 Å². The molecule has 3 aromatic heterocycles. The quantitative estimate of drug-likeness (QED) is 0.216. The van der Waals surface area contributed by atoms with Crippen molar-refractivity contribution < 1.29 is 18.7 Å². The Morgan fingerprint density at radius 3 is 2.50 bits per heavy atom. The molecule has 5 rings (SSSR count). The van der Waals surface area contributed by atoms with Crippen LogP contribution < -0.4 is 15.4 Å². The van der Waals surface area contributed by atoms with Gasteiger partial charge in [0.05, 0.1) is 27.1 Å². The molecule has 3 heterocycles. The molecule has 204 valence electrons. The number of likely N-dealkylation sites (N-methyl/N-ethyl adjacent to an activating group) is 1. The largest absolute Gasteiger partial charge is 0.453 e. The highest BCUT2D eigenvalue weighted by molar-refractivity contribution is 7.22. The molecule has 0 unspecified atom stereocenters. The maximum atomic E-state index is 15.0. The number of hydrogen-bond donors (Lipinski definition) is 2. The number of nitrogens with zero attached hydrogens (tertiary/aromatic N) is 4. The molecule has 11 heteroatoms. The number of rotatable bonds is 10. The van der Waals surface area contributed by atoms with Crippen molar-refractivity contribution in [2.24, 2.45) is 0 Å². The summed E-state index contributed by atoms with van der Waals surface area (Å²) >= 11 is 1.47. The summed E-state index contributed by atoms with van der Waals surface area (Å²) in [5.41, 5.74) is 2.35. The summed E-state index contributed by atoms with van der Waals surface area (Å²) in [5, 5.41) is 5.18. The number of anilines is 2. The third-order valence-electron chi connectivity index (χ3n) is 5.88. The van der Waals surface area contributed by atoms with Gasteiger partial charge < -0.3 is 24.8 Å². The Morgan fingerprint density at radius 1 is 0.975 bits per heavy atom. The molecule has 0 aliphatic carbocycles. The number of fused-ring (bicyclic) bond motifs is 1. The topological polar surface area (TPSA) is 101 Å². The molecule has 0 bridgehead atoms.